The Balaban J connectivity index is 1.69. The first-order chi connectivity index (χ1) is 7.36. The fourth-order valence-electron chi connectivity index (χ4n) is 2.33. The fourth-order valence-corrected chi connectivity index (χ4v) is 2.33. The number of piperazine rings is 1. The second-order valence-corrected chi connectivity index (χ2v) is 4.46. The molecule has 15 heavy (non-hydrogen) atoms. The number of nitrogens with one attached hydrogen (secondary N) is 1. The number of rotatable bonds is 3. The van der Waals surface area contributed by atoms with Gasteiger partial charge in [-0.05, 0) is 25.9 Å². The van der Waals surface area contributed by atoms with E-state index >= 15 is 0 Å². The summed E-state index contributed by atoms with van der Waals surface area (Å²) >= 11 is 0. The molecule has 4 heteroatoms. The minimum Gasteiger partial charge on any atom is -0.339 e. The Morgan fingerprint density at radius 2 is 1.87 bits per heavy atom. The molecule has 0 aromatic rings. The first kappa shape index (κ1) is 10.9. The highest BCUT2D eigenvalue weighted by atomic mass is 16.2. The molecule has 0 spiro atoms. The van der Waals surface area contributed by atoms with Gasteiger partial charge >= 0.3 is 0 Å². The molecule has 1 amide bonds. The van der Waals surface area contributed by atoms with E-state index < -0.39 is 0 Å². The maximum Gasteiger partial charge on any atom is 0.236 e. The van der Waals surface area contributed by atoms with Crippen molar-refractivity contribution < 1.29 is 4.79 Å². The molecule has 0 aliphatic carbocycles. The summed E-state index contributed by atoms with van der Waals surface area (Å²) in [5, 5.41) is 3.10. The number of likely N-dealkylation sites (tertiary alicyclic amines) is 1. The molecule has 2 saturated heterocycles. The van der Waals surface area contributed by atoms with Crippen LogP contribution in [0.5, 0.6) is 0 Å². The van der Waals surface area contributed by atoms with Gasteiger partial charge in [0.15, 0.2) is 0 Å². The van der Waals surface area contributed by atoms with Crippen LogP contribution in [-0.2, 0) is 4.79 Å². The van der Waals surface area contributed by atoms with Crippen molar-refractivity contribution in [2.75, 3.05) is 45.8 Å². The third-order valence-corrected chi connectivity index (χ3v) is 3.32. The van der Waals surface area contributed by atoms with E-state index in [1.165, 1.54) is 32.4 Å². The van der Waals surface area contributed by atoms with Crippen LogP contribution < -0.4 is 5.32 Å². The lowest BCUT2D eigenvalue weighted by molar-refractivity contribution is -0.132. The lowest BCUT2D eigenvalue weighted by Crippen LogP contribution is -2.50. The summed E-state index contributed by atoms with van der Waals surface area (Å²) in [4.78, 5) is 16.0. The maximum absolute atomic E-state index is 11.5. The molecule has 4 nitrogen and oxygen atoms in total. The molecule has 0 unspecified atom stereocenters. The molecule has 2 heterocycles. The molecule has 2 rings (SSSR count). The summed E-state index contributed by atoms with van der Waals surface area (Å²) in [6.07, 6.45) is 4.04. The fraction of sp³-hybridized carbons (Fsp3) is 0.909. The van der Waals surface area contributed by atoms with E-state index in [1.807, 2.05) is 4.90 Å². The quantitative estimate of drug-likeness (QED) is 0.708. The molecular weight excluding hydrogens is 190 g/mol. The smallest absolute Gasteiger partial charge is 0.236 e. The number of hydrogen-bond donors (Lipinski definition) is 1. The van der Waals surface area contributed by atoms with Crippen molar-refractivity contribution in [2.24, 2.45) is 0 Å². The number of carbonyl (C=O) groups excluding carboxylic acids is 1. The van der Waals surface area contributed by atoms with Gasteiger partial charge in [-0.15, -0.1) is 0 Å². The Bertz CT molecular complexity index is 214. The van der Waals surface area contributed by atoms with Crippen molar-refractivity contribution in [3.05, 3.63) is 0 Å². The Morgan fingerprint density at radius 1 is 1.07 bits per heavy atom. The van der Waals surface area contributed by atoms with Gasteiger partial charge in [0.25, 0.3) is 0 Å². The van der Waals surface area contributed by atoms with Gasteiger partial charge < -0.3 is 15.1 Å². The Morgan fingerprint density at radius 3 is 2.60 bits per heavy atom. The first-order valence-corrected chi connectivity index (χ1v) is 6.07. The van der Waals surface area contributed by atoms with E-state index in [0.29, 0.717) is 6.54 Å². The SMILES string of the molecule is O=C1CNCCN1CCN1CCCCC1. The molecule has 0 bridgehead atoms. The standard InChI is InChI=1S/C11H21N3O/c15-11-10-12-4-7-14(11)9-8-13-5-2-1-3-6-13/h12H,1-10H2. The van der Waals surface area contributed by atoms with E-state index in [1.54, 1.807) is 0 Å². The molecule has 2 aliphatic rings. The number of carbonyl (C=O) groups is 1. The lowest BCUT2D eigenvalue weighted by Gasteiger charge is -2.32. The van der Waals surface area contributed by atoms with Crippen LogP contribution in [0.15, 0.2) is 0 Å². The molecule has 86 valence electrons. The highest BCUT2D eigenvalue weighted by Gasteiger charge is 2.18. The van der Waals surface area contributed by atoms with Crippen LogP contribution in [0.1, 0.15) is 19.3 Å². The second-order valence-electron chi connectivity index (χ2n) is 4.46. The largest absolute Gasteiger partial charge is 0.339 e. The van der Waals surface area contributed by atoms with Gasteiger partial charge in [-0.3, -0.25) is 4.79 Å². The van der Waals surface area contributed by atoms with Crippen LogP contribution in [-0.4, -0.2) is 61.5 Å². The third-order valence-electron chi connectivity index (χ3n) is 3.32. The highest BCUT2D eigenvalue weighted by Crippen LogP contribution is 2.08. The summed E-state index contributed by atoms with van der Waals surface area (Å²) in [6.45, 7) is 6.78. The van der Waals surface area contributed by atoms with Crippen molar-refractivity contribution in [2.45, 2.75) is 19.3 Å². The molecule has 0 aromatic heterocycles. The zero-order valence-corrected chi connectivity index (χ0v) is 9.37. The van der Waals surface area contributed by atoms with E-state index in [4.69, 9.17) is 0 Å². The highest BCUT2D eigenvalue weighted by molar-refractivity contribution is 5.78. The maximum atomic E-state index is 11.5. The zero-order chi connectivity index (χ0) is 10.5. The summed E-state index contributed by atoms with van der Waals surface area (Å²) < 4.78 is 0. The van der Waals surface area contributed by atoms with Crippen LogP contribution in [0.4, 0.5) is 0 Å². The third kappa shape index (κ3) is 3.18. The minimum atomic E-state index is 0.262. The molecule has 0 aromatic carbocycles. The number of hydrogen-bond acceptors (Lipinski definition) is 3. The predicted molar refractivity (Wildman–Crippen MR) is 59.7 cm³/mol. The second kappa shape index (κ2) is 5.47. The Kier molecular flexibility index (Phi) is 3.97. The average Bonchev–Trinajstić information content (AvgIpc) is 2.29. The van der Waals surface area contributed by atoms with E-state index in [2.05, 4.69) is 10.2 Å². The molecule has 1 N–H and O–H groups in total. The molecule has 2 fully saturated rings. The topological polar surface area (TPSA) is 35.6 Å². The van der Waals surface area contributed by atoms with Crippen LogP contribution >= 0.6 is 0 Å². The number of amides is 1. The van der Waals surface area contributed by atoms with Gasteiger partial charge in [-0.2, -0.15) is 0 Å². The minimum absolute atomic E-state index is 0.262. The molecule has 0 radical (unpaired) electrons. The molecular formula is C11H21N3O. The van der Waals surface area contributed by atoms with Gasteiger partial charge in [0.05, 0.1) is 6.54 Å². The van der Waals surface area contributed by atoms with Crippen LogP contribution in [0.2, 0.25) is 0 Å². The van der Waals surface area contributed by atoms with Gasteiger partial charge in [0.1, 0.15) is 0 Å². The van der Waals surface area contributed by atoms with Crippen molar-refractivity contribution in [1.29, 1.82) is 0 Å². The van der Waals surface area contributed by atoms with Crippen molar-refractivity contribution in [1.82, 2.24) is 15.1 Å². The van der Waals surface area contributed by atoms with Crippen molar-refractivity contribution >= 4 is 5.91 Å². The number of piperidine rings is 1. The van der Waals surface area contributed by atoms with Gasteiger partial charge in [0, 0.05) is 26.2 Å². The normalized spacial score (nSPS) is 24.5. The van der Waals surface area contributed by atoms with E-state index in [9.17, 15) is 4.79 Å². The number of nitrogens with zero attached hydrogens (tertiary/aromatic N) is 2. The summed E-state index contributed by atoms with van der Waals surface area (Å²) in [5.74, 6) is 0.262. The van der Waals surface area contributed by atoms with Gasteiger partial charge in [0.2, 0.25) is 5.91 Å². The summed E-state index contributed by atoms with van der Waals surface area (Å²) in [6, 6.07) is 0. The zero-order valence-electron chi connectivity index (χ0n) is 9.37. The Hall–Kier alpha value is -0.610. The van der Waals surface area contributed by atoms with Gasteiger partial charge in [-0.25, -0.2) is 0 Å². The molecule has 0 atom stereocenters. The molecule has 2 aliphatic heterocycles. The monoisotopic (exact) mass is 211 g/mol. The van der Waals surface area contributed by atoms with E-state index in [0.717, 1.165) is 26.2 Å². The summed E-state index contributed by atoms with van der Waals surface area (Å²) in [5.41, 5.74) is 0. The van der Waals surface area contributed by atoms with Crippen LogP contribution in [0.3, 0.4) is 0 Å². The van der Waals surface area contributed by atoms with Crippen molar-refractivity contribution in [3.8, 4) is 0 Å². The average molecular weight is 211 g/mol. The first-order valence-electron chi connectivity index (χ1n) is 6.07. The van der Waals surface area contributed by atoms with Crippen LogP contribution in [0.25, 0.3) is 0 Å². The lowest BCUT2D eigenvalue weighted by atomic mass is 10.1. The Labute approximate surface area is 91.6 Å². The predicted octanol–water partition coefficient (Wildman–Crippen LogP) is -0.0959. The van der Waals surface area contributed by atoms with E-state index in [-0.39, 0.29) is 5.91 Å². The van der Waals surface area contributed by atoms with Crippen molar-refractivity contribution in [3.63, 3.8) is 0 Å². The molecule has 0 saturated carbocycles. The van der Waals surface area contributed by atoms with Gasteiger partial charge in [-0.1, -0.05) is 6.42 Å². The summed E-state index contributed by atoms with van der Waals surface area (Å²) in [7, 11) is 0. The van der Waals surface area contributed by atoms with Crippen LogP contribution in [0, 0.1) is 0 Å².